The zero-order valence-corrected chi connectivity index (χ0v) is 14.7. The molecule has 0 aliphatic carbocycles. The van der Waals surface area contributed by atoms with Crippen molar-refractivity contribution in [3.63, 3.8) is 0 Å². The summed E-state index contributed by atoms with van der Waals surface area (Å²) >= 11 is 5.45. The van der Waals surface area contributed by atoms with Crippen molar-refractivity contribution in [2.24, 2.45) is 5.92 Å². The lowest BCUT2D eigenvalue weighted by Crippen LogP contribution is -2.39. The van der Waals surface area contributed by atoms with Gasteiger partial charge in [0.25, 0.3) is 0 Å². The van der Waals surface area contributed by atoms with Crippen molar-refractivity contribution >= 4 is 12.2 Å². The van der Waals surface area contributed by atoms with Crippen molar-refractivity contribution in [3.8, 4) is 0 Å². The number of nitrogens with zero attached hydrogens (tertiary/aromatic N) is 5. The van der Waals surface area contributed by atoms with Gasteiger partial charge in [0.15, 0.2) is 0 Å². The van der Waals surface area contributed by atoms with Crippen LogP contribution in [0.2, 0.25) is 0 Å². The first kappa shape index (κ1) is 17.2. The number of hydrogen-bond donors (Lipinski definition) is 0. The number of hydrogen-bond acceptors (Lipinski definition) is 5. The highest BCUT2D eigenvalue weighted by Crippen LogP contribution is 2.22. The van der Waals surface area contributed by atoms with E-state index in [1.54, 1.807) is 21.5 Å². The SMILES string of the molecule is CC(C)Cn1nnn(CN2CCOC(c3ccc(F)cc3)C2)c1=S. The topological polar surface area (TPSA) is 48.1 Å². The Balaban J connectivity index is 1.66. The molecule has 0 bridgehead atoms. The number of aromatic nitrogens is 4. The molecule has 0 saturated carbocycles. The molecule has 0 radical (unpaired) electrons. The van der Waals surface area contributed by atoms with E-state index in [2.05, 4.69) is 29.2 Å². The standard InChI is InChI=1S/C16H22FN5OS/c1-12(2)9-21-16(24)22(19-18-21)11-20-7-8-23-15(10-20)13-3-5-14(17)6-4-13/h3-6,12,15H,7-11H2,1-2H3. The van der Waals surface area contributed by atoms with Crippen LogP contribution in [0.3, 0.4) is 0 Å². The smallest absolute Gasteiger partial charge is 0.217 e. The lowest BCUT2D eigenvalue weighted by Gasteiger charge is -2.32. The molecule has 1 atom stereocenters. The molecule has 2 aromatic rings. The van der Waals surface area contributed by atoms with E-state index in [1.165, 1.54) is 12.1 Å². The lowest BCUT2D eigenvalue weighted by atomic mass is 10.1. The molecule has 1 aliphatic rings. The lowest BCUT2D eigenvalue weighted by molar-refractivity contribution is -0.0420. The molecule has 2 heterocycles. The molecule has 0 N–H and O–H groups in total. The molecule has 1 aromatic heterocycles. The summed E-state index contributed by atoms with van der Waals surface area (Å²) in [6.45, 7) is 7.72. The van der Waals surface area contributed by atoms with E-state index in [9.17, 15) is 4.39 Å². The minimum atomic E-state index is -0.237. The minimum Gasteiger partial charge on any atom is -0.371 e. The summed E-state index contributed by atoms with van der Waals surface area (Å²) in [4.78, 5) is 2.22. The maximum Gasteiger partial charge on any atom is 0.217 e. The van der Waals surface area contributed by atoms with Crippen LogP contribution < -0.4 is 0 Å². The van der Waals surface area contributed by atoms with Crippen molar-refractivity contribution in [1.29, 1.82) is 0 Å². The van der Waals surface area contributed by atoms with Crippen LogP contribution in [0.4, 0.5) is 4.39 Å². The van der Waals surface area contributed by atoms with Gasteiger partial charge in [-0.05, 0) is 46.3 Å². The van der Waals surface area contributed by atoms with E-state index >= 15 is 0 Å². The fourth-order valence-corrected chi connectivity index (χ4v) is 2.96. The molecule has 24 heavy (non-hydrogen) atoms. The Hall–Kier alpha value is -1.64. The van der Waals surface area contributed by atoms with Gasteiger partial charge in [-0.25, -0.2) is 13.8 Å². The number of morpholine rings is 1. The van der Waals surface area contributed by atoms with E-state index in [1.807, 2.05) is 0 Å². The number of benzene rings is 1. The van der Waals surface area contributed by atoms with Crippen molar-refractivity contribution in [1.82, 2.24) is 24.7 Å². The molecule has 1 fully saturated rings. The summed E-state index contributed by atoms with van der Waals surface area (Å²) in [6.07, 6.45) is -0.0702. The second-order valence-corrected chi connectivity index (χ2v) is 6.83. The van der Waals surface area contributed by atoms with Crippen LogP contribution in [-0.2, 0) is 18.0 Å². The zero-order valence-electron chi connectivity index (χ0n) is 13.9. The van der Waals surface area contributed by atoms with Gasteiger partial charge in [0.1, 0.15) is 5.82 Å². The van der Waals surface area contributed by atoms with Gasteiger partial charge in [0.05, 0.1) is 19.4 Å². The fourth-order valence-electron chi connectivity index (χ4n) is 2.76. The van der Waals surface area contributed by atoms with Crippen LogP contribution in [0, 0.1) is 16.5 Å². The molecular weight excluding hydrogens is 329 g/mol. The summed E-state index contributed by atoms with van der Waals surface area (Å²) in [7, 11) is 0. The highest BCUT2D eigenvalue weighted by Gasteiger charge is 2.23. The summed E-state index contributed by atoms with van der Waals surface area (Å²) in [6, 6.07) is 6.47. The van der Waals surface area contributed by atoms with Gasteiger partial charge < -0.3 is 4.74 Å². The maximum absolute atomic E-state index is 13.1. The molecule has 1 saturated heterocycles. The van der Waals surface area contributed by atoms with Gasteiger partial charge >= 0.3 is 0 Å². The summed E-state index contributed by atoms with van der Waals surface area (Å²) in [5.41, 5.74) is 0.980. The molecule has 130 valence electrons. The van der Waals surface area contributed by atoms with Crippen LogP contribution in [0.5, 0.6) is 0 Å². The highest BCUT2D eigenvalue weighted by molar-refractivity contribution is 7.71. The van der Waals surface area contributed by atoms with Gasteiger partial charge in [-0.2, -0.15) is 0 Å². The molecule has 3 rings (SSSR count). The number of ether oxygens (including phenoxy) is 1. The van der Waals surface area contributed by atoms with E-state index in [-0.39, 0.29) is 11.9 Å². The Labute approximate surface area is 145 Å². The predicted octanol–water partition coefficient (Wildman–Crippen LogP) is 2.64. The normalized spacial score (nSPS) is 19.1. The number of halogens is 1. The third-order valence-corrected chi connectivity index (χ3v) is 4.38. The fraction of sp³-hybridized carbons (Fsp3) is 0.562. The second kappa shape index (κ2) is 7.50. The zero-order chi connectivity index (χ0) is 17.1. The Morgan fingerprint density at radius 3 is 2.67 bits per heavy atom. The largest absolute Gasteiger partial charge is 0.371 e. The Kier molecular flexibility index (Phi) is 5.37. The van der Waals surface area contributed by atoms with Gasteiger partial charge in [-0.3, -0.25) is 4.90 Å². The molecular formula is C16H22FN5OS. The molecule has 0 amide bonds. The maximum atomic E-state index is 13.1. The quantitative estimate of drug-likeness (QED) is 0.775. The first-order chi connectivity index (χ1) is 11.5. The average Bonchev–Trinajstić information content (AvgIpc) is 2.88. The third-order valence-electron chi connectivity index (χ3n) is 3.96. The van der Waals surface area contributed by atoms with Gasteiger partial charge in [-0.1, -0.05) is 26.0 Å². The van der Waals surface area contributed by atoms with Crippen LogP contribution in [0.1, 0.15) is 25.5 Å². The first-order valence-electron chi connectivity index (χ1n) is 8.13. The van der Waals surface area contributed by atoms with Crippen molar-refractivity contribution < 1.29 is 9.13 Å². The van der Waals surface area contributed by atoms with Crippen molar-refractivity contribution in [2.75, 3.05) is 19.7 Å². The van der Waals surface area contributed by atoms with Gasteiger partial charge in [-0.15, -0.1) is 0 Å². The van der Waals surface area contributed by atoms with Crippen molar-refractivity contribution in [2.45, 2.75) is 33.2 Å². The second-order valence-electron chi connectivity index (χ2n) is 6.47. The monoisotopic (exact) mass is 351 g/mol. The van der Waals surface area contributed by atoms with Crippen LogP contribution >= 0.6 is 12.2 Å². The molecule has 1 aromatic carbocycles. The summed E-state index contributed by atoms with van der Waals surface area (Å²) < 4.78 is 23.0. The molecule has 8 heteroatoms. The molecule has 6 nitrogen and oxygen atoms in total. The van der Waals surface area contributed by atoms with E-state index in [4.69, 9.17) is 17.0 Å². The molecule has 1 aliphatic heterocycles. The van der Waals surface area contributed by atoms with E-state index < -0.39 is 0 Å². The Morgan fingerprint density at radius 2 is 1.96 bits per heavy atom. The van der Waals surface area contributed by atoms with Crippen LogP contribution in [0.25, 0.3) is 0 Å². The van der Waals surface area contributed by atoms with Gasteiger partial charge in [0, 0.05) is 19.6 Å². The van der Waals surface area contributed by atoms with Crippen molar-refractivity contribution in [3.05, 3.63) is 40.4 Å². The van der Waals surface area contributed by atoms with Gasteiger partial charge in [0.2, 0.25) is 4.77 Å². The average molecular weight is 351 g/mol. The summed E-state index contributed by atoms with van der Waals surface area (Å²) in [5.74, 6) is 0.229. The molecule has 0 spiro atoms. The van der Waals surface area contributed by atoms with Crippen LogP contribution in [0.15, 0.2) is 24.3 Å². The first-order valence-corrected chi connectivity index (χ1v) is 8.54. The van der Waals surface area contributed by atoms with E-state index in [0.717, 1.165) is 18.7 Å². The predicted molar refractivity (Wildman–Crippen MR) is 90.4 cm³/mol. The van der Waals surface area contributed by atoms with Crippen LogP contribution in [-0.4, -0.2) is 44.4 Å². The summed E-state index contributed by atoms with van der Waals surface area (Å²) in [5, 5.41) is 8.30. The highest BCUT2D eigenvalue weighted by atomic mass is 32.1. The number of rotatable bonds is 5. The number of tetrazole rings is 1. The Morgan fingerprint density at radius 1 is 1.25 bits per heavy atom. The molecule has 1 unspecified atom stereocenters. The Bertz CT molecular complexity index is 727. The minimum absolute atomic E-state index is 0.0702. The van der Waals surface area contributed by atoms with E-state index in [0.29, 0.717) is 30.5 Å². The third kappa shape index (κ3) is 4.06.